The number of carbonyl (C=O) groups excluding carboxylic acids is 1. The van der Waals surface area contributed by atoms with Gasteiger partial charge in [0, 0.05) is 23.4 Å². The van der Waals surface area contributed by atoms with E-state index in [4.69, 9.17) is 20.8 Å². The van der Waals surface area contributed by atoms with E-state index in [0.29, 0.717) is 51.7 Å². The summed E-state index contributed by atoms with van der Waals surface area (Å²) < 4.78 is 32.9. The number of anilines is 1. The topological polar surface area (TPSA) is 99.8 Å². The minimum atomic E-state index is -0.651. The number of aromatic nitrogens is 3. The fourth-order valence-corrected chi connectivity index (χ4v) is 5.90. The van der Waals surface area contributed by atoms with Gasteiger partial charge in [-0.25, -0.2) is 29.0 Å². The minimum Gasteiger partial charge on any atom is -0.483 e. The molecule has 0 radical (unpaired) electrons. The molecule has 1 amide bonds. The number of hydrogen-bond acceptors (Lipinski definition) is 8. The predicted octanol–water partition coefficient (Wildman–Crippen LogP) is 7.46. The van der Waals surface area contributed by atoms with Gasteiger partial charge in [-0.3, -0.25) is 5.32 Å². The number of rotatable bonds is 6. The molecule has 1 saturated carbocycles. The lowest BCUT2D eigenvalue weighted by Gasteiger charge is -2.22. The second-order valence-electron chi connectivity index (χ2n) is 9.68. The first-order valence-electron chi connectivity index (χ1n) is 12.9. The summed E-state index contributed by atoms with van der Waals surface area (Å²) in [5.74, 6) is -0.0424. The van der Waals surface area contributed by atoms with E-state index in [-0.39, 0.29) is 5.75 Å². The third-order valence-corrected chi connectivity index (χ3v) is 7.85. The van der Waals surface area contributed by atoms with Crippen LogP contribution in [0.25, 0.3) is 36.7 Å². The summed E-state index contributed by atoms with van der Waals surface area (Å²) in [7, 11) is 1.54. The highest BCUT2D eigenvalue weighted by Crippen LogP contribution is 2.38. The van der Waals surface area contributed by atoms with Crippen molar-refractivity contribution in [3.63, 3.8) is 0 Å². The number of nitrogens with zero attached hydrogens (tertiary/aromatic N) is 4. The number of fused-ring (bicyclic) bond motifs is 2. The molecule has 0 spiro atoms. The quantitative estimate of drug-likeness (QED) is 0.212. The van der Waals surface area contributed by atoms with Gasteiger partial charge >= 0.3 is 6.09 Å². The molecule has 1 aliphatic carbocycles. The molecule has 11 heteroatoms. The van der Waals surface area contributed by atoms with Gasteiger partial charge in [0.2, 0.25) is 5.88 Å². The van der Waals surface area contributed by atoms with Crippen LogP contribution in [0.1, 0.15) is 24.8 Å². The van der Waals surface area contributed by atoms with Crippen LogP contribution in [-0.4, -0.2) is 40.4 Å². The van der Waals surface area contributed by atoms with Crippen LogP contribution in [0.4, 0.5) is 20.6 Å². The van der Waals surface area contributed by atoms with E-state index >= 15 is 4.39 Å². The number of amides is 1. The van der Waals surface area contributed by atoms with E-state index < -0.39 is 24.1 Å². The fraction of sp³-hybridized carbons (Fsp3) is 0.233. The highest BCUT2D eigenvalue weighted by atomic mass is 32.1. The Kier molecular flexibility index (Phi) is 7.07. The summed E-state index contributed by atoms with van der Waals surface area (Å²) in [5, 5.41) is 3.33. The fourth-order valence-electron chi connectivity index (χ4n) is 4.91. The monoisotopic (exact) mass is 569 g/mol. The lowest BCUT2D eigenvalue weighted by Crippen LogP contribution is -2.32. The molecule has 2 atom stereocenters. The SMILES string of the molecule is [C-]#[N+]c1cccc(NC(=O)O[C@@H]2CCC[C@@H]2Oc2cc3sc(-c4cc(C)cc5nc(OC)cnc45)nc3cc2F)c1. The van der Waals surface area contributed by atoms with Gasteiger partial charge < -0.3 is 14.2 Å². The lowest BCUT2D eigenvalue weighted by molar-refractivity contribution is 0.0401. The maximum atomic E-state index is 15.2. The Hall–Kier alpha value is -4.82. The van der Waals surface area contributed by atoms with Crippen LogP contribution in [0.2, 0.25) is 0 Å². The molecule has 1 aliphatic rings. The number of benzene rings is 3. The second kappa shape index (κ2) is 11.0. The number of methoxy groups -OCH3 is 1. The maximum absolute atomic E-state index is 15.2. The molecule has 206 valence electrons. The largest absolute Gasteiger partial charge is 0.483 e. The average Bonchev–Trinajstić information content (AvgIpc) is 3.58. The Morgan fingerprint density at radius 2 is 1.98 bits per heavy atom. The zero-order valence-corrected chi connectivity index (χ0v) is 23.0. The first kappa shape index (κ1) is 26.4. The number of carbonyl (C=O) groups is 1. The number of hydrogen-bond donors (Lipinski definition) is 1. The van der Waals surface area contributed by atoms with E-state index in [2.05, 4.69) is 25.1 Å². The summed E-state index contributed by atoms with van der Waals surface area (Å²) in [4.78, 5) is 29.6. The van der Waals surface area contributed by atoms with Crippen LogP contribution in [-0.2, 0) is 4.74 Å². The van der Waals surface area contributed by atoms with E-state index in [1.807, 2.05) is 19.1 Å². The highest BCUT2D eigenvalue weighted by molar-refractivity contribution is 7.21. The number of thiazole rings is 1. The van der Waals surface area contributed by atoms with E-state index in [9.17, 15) is 4.79 Å². The van der Waals surface area contributed by atoms with Crippen molar-refractivity contribution in [3.05, 3.63) is 77.5 Å². The number of ether oxygens (including phenoxy) is 3. The zero-order chi connectivity index (χ0) is 28.5. The van der Waals surface area contributed by atoms with Gasteiger partial charge in [-0.15, -0.1) is 11.3 Å². The predicted molar refractivity (Wildman–Crippen MR) is 154 cm³/mol. The molecular formula is C30H24FN5O4S. The van der Waals surface area contributed by atoms with Gasteiger partial charge in [-0.2, -0.15) is 0 Å². The van der Waals surface area contributed by atoms with Crippen LogP contribution in [0.5, 0.6) is 11.6 Å². The first-order valence-corrected chi connectivity index (χ1v) is 13.8. The Balaban J connectivity index is 1.22. The van der Waals surface area contributed by atoms with Crippen LogP contribution in [0.15, 0.2) is 54.7 Å². The van der Waals surface area contributed by atoms with Crippen LogP contribution in [0.3, 0.4) is 0 Å². The number of aryl methyl sites for hydroxylation is 1. The Labute approximate surface area is 238 Å². The van der Waals surface area contributed by atoms with Crippen molar-refractivity contribution in [1.29, 1.82) is 0 Å². The van der Waals surface area contributed by atoms with Gasteiger partial charge in [0.1, 0.15) is 17.2 Å². The molecule has 1 N–H and O–H groups in total. The van der Waals surface area contributed by atoms with Gasteiger partial charge in [0.05, 0.1) is 41.1 Å². The molecule has 0 saturated heterocycles. The summed E-state index contributed by atoms with van der Waals surface area (Å²) in [5.41, 5.74) is 4.53. The van der Waals surface area contributed by atoms with Gasteiger partial charge in [-0.05, 0) is 56.0 Å². The maximum Gasteiger partial charge on any atom is 0.411 e. The van der Waals surface area contributed by atoms with E-state index in [0.717, 1.165) is 22.2 Å². The molecule has 0 unspecified atom stereocenters. The first-order chi connectivity index (χ1) is 19.9. The third kappa shape index (κ3) is 5.47. The normalized spacial score (nSPS) is 16.4. The van der Waals surface area contributed by atoms with Gasteiger partial charge in [0.15, 0.2) is 17.3 Å². The van der Waals surface area contributed by atoms with Crippen molar-refractivity contribution < 1.29 is 23.4 Å². The van der Waals surface area contributed by atoms with Crippen molar-refractivity contribution in [2.45, 2.75) is 38.4 Å². The van der Waals surface area contributed by atoms with E-state index in [1.54, 1.807) is 43.6 Å². The summed E-state index contributed by atoms with van der Waals surface area (Å²) in [6.07, 6.45) is 1.86. The van der Waals surface area contributed by atoms with Crippen molar-refractivity contribution in [3.8, 4) is 22.2 Å². The van der Waals surface area contributed by atoms with Crippen molar-refractivity contribution >= 4 is 50.1 Å². The summed E-state index contributed by atoms with van der Waals surface area (Å²) >= 11 is 1.41. The minimum absolute atomic E-state index is 0.0806. The molecule has 9 nitrogen and oxygen atoms in total. The zero-order valence-electron chi connectivity index (χ0n) is 22.2. The molecular weight excluding hydrogens is 545 g/mol. The van der Waals surface area contributed by atoms with Crippen LogP contribution < -0.4 is 14.8 Å². The molecule has 2 heterocycles. The van der Waals surface area contributed by atoms with Crippen molar-refractivity contribution in [1.82, 2.24) is 15.0 Å². The molecule has 2 aromatic heterocycles. The Morgan fingerprint density at radius 1 is 1.12 bits per heavy atom. The number of nitrogens with one attached hydrogen (secondary N) is 1. The van der Waals surface area contributed by atoms with Crippen molar-refractivity contribution in [2.75, 3.05) is 12.4 Å². The summed E-state index contributed by atoms with van der Waals surface area (Å²) in [6, 6.07) is 13.5. The molecule has 3 aromatic carbocycles. The standard InChI is InChI=1S/C30H24FN5O4S/c1-16-10-19(28-22(11-16)35-27(38-3)15-33-28)29-36-21-13-20(31)25(14-26(21)41-29)39-23-8-5-9-24(23)40-30(37)34-18-7-4-6-17(12-18)32-2/h4,6-7,10-15,23-24H,5,8-9H2,1,3H3,(H,34,37)/t23-,24+/m0/s1. The van der Waals surface area contributed by atoms with Crippen LogP contribution >= 0.6 is 11.3 Å². The molecule has 5 aromatic rings. The molecule has 1 fully saturated rings. The lowest BCUT2D eigenvalue weighted by atomic mass is 10.1. The Bertz CT molecular complexity index is 1840. The average molecular weight is 570 g/mol. The second-order valence-corrected chi connectivity index (χ2v) is 10.7. The highest BCUT2D eigenvalue weighted by Gasteiger charge is 2.33. The van der Waals surface area contributed by atoms with Crippen LogP contribution in [0, 0.1) is 19.3 Å². The van der Waals surface area contributed by atoms with Crippen molar-refractivity contribution in [2.24, 2.45) is 0 Å². The molecule has 0 bridgehead atoms. The van der Waals surface area contributed by atoms with E-state index in [1.165, 1.54) is 17.4 Å². The van der Waals surface area contributed by atoms with Gasteiger partial charge in [-0.1, -0.05) is 12.1 Å². The summed E-state index contributed by atoms with van der Waals surface area (Å²) in [6.45, 7) is 9.09. The smallest absolute Gasteiger partial charge is 0.411 e. The molecule has 0 aliphatic heterocycles. The Morgan fingerprint density at radius 3 is 2.80 bits per heavy atom. The molecule has 6 rings (SSSR count). The van der Waals surface area contributed by atoms with Gasteiger partial charge in [0.25, 0.3) is 0 Å². The third-order valence-electron chi connectivity index (χ3n) is 6.80. The number of halogens is 1. The molecule has 41 heavy (non-hydrogen) atoms.